The number of hydrogen-bond donors (Lipinski definition) is 4. The van der Waals surface area contributed by atoms with Crippen molar-refractivity contribution in [2.75, 3.05) is 20.2 Å². The lowest BCUT2D eigenvalue weighted by Gasteiger charge is -2.34. The molecule has 0 unspecified atom stereocenters. The second kappa shape index (κ2) is 6.55. The minimum Gasteiger partial charge on any atom is -0.480 e. The maximum atomic E-state index is 11.7. The molecule has 0 aromatic carbocycles. The van der Waals surface area contributed by atoms with Gasteiger partial charge < -0.3 is 25.5 Å². The molecule has 1 aliphatic carbocycles. The number of rotatable bonds is 6. The van der Waals surface area contributed by atoms with Gasteiger partial charge in [0.05, 0.1) is 6.10 Å². The molecule has 7 nitrogen and oxygen atoms in total. The molecule has 1 atom stereocenters. The van der Waals surface area contributed by atoms with Crippen molar-refractivity contribution >= 4 is 12.0 Å². The Morgan fingerprint density at radius 1 is 1.44 bits per heavy atom. The largest absolute Gasteiger partial charge is 0.480 e. The number of carboxylic acids is 1. The van der Waals surface area contributed by atoms with Crippen molar-refractivity contribution in [3.63, 3.8) is 0 Å². The van der Waals surface area contributed by atoms with Gasteiger partial charge in [-0.1, -0.05) is 0 Å². The number of carboxylic acid groups (broad SMARTS) is 1. The Bertz CT molecular complexity index is 304. The SMILES string of the molecule is CN(CC1CC(O)C1)C(=O)N[C@@H](CCO)C(=O)O. The third kappa shape index (κ3) is 4.15. The summed E-state index contributed by atoms with van der Waals surface area (Å²) in [7, 11) is 1.58. The molecule has 1 fully saturated rings. The van der Waals surface area contributed by atoms with E-state index in [1.807, 2.05) is 0 Å². The molecule has 0 saturated heterocycles. The van der Waals surface area contributed by atoms with E-state index < -0.39 is 18.0 Å². The first kappa shape index (κ1) is 14.7. The summed E-state index contributed by atoms with van der Waals surface area (Å²) in [5, 5.41) is 29.0. The molecule has 1 aliphatic rings. The van der Waals surface area contributed by atoms with Crippen molar-refractivity contribution in [1.82, 2.24) is 10.2 Å². The van der Waals surface area contributed by atoms with Crippen molar-refractivity contribution in [3.05, 3.63) is 0 Å². The molecule has 0 aromatic heterocycles. The number of aliphatic hydroxyl groups excluding tert-OH is 2. The normalized spacial score (nSPS) is 23.9. The molecule has 2 amide bonds. The summed E-state index contributed by atoms with van der Waals surface area (Å²) >= 11 is 0. The molecular weight excluding hydrogens is 240 g/mol. The summed E-state index contributed by atoms with van der Waals surface area (Å²) in [5.41, 5.74) is 0. The van der Waals surface area contributed by atoms with Gasteiger partial charge in [-0.25, -0.2) is 9.59 Å². The first-order chi connectivity index (χ1) is 8.43. The number of nitrogens with one attached hydrogen (secondary N) is 1. The summed E-state index contributed by atoms with van der Waals surface area (Å²) < 4.78 is 0. The molecule has 0 radical (unpaired) electrons. The van der Waals surface area contributed by atoms with Gasteiger partial charge in [0.15, 0.2) is 0 Å². The predicted octanol–water partition coefficient (Wildman–Crippen LogP) is -0.766. The van der Waals surface area contributed by atoms with Crippen LogP contribution >= 0.6 is 0 Å². The van der Waals surface area contributed by atoms with E-state index in [0.717, 1.165) is 0 Å². The maximum absolute atomic E-state index is 11.7. The highest BCUT2D eigenvalue weighted by Gasteiger charge is 2.30. The minimum atomic E-state index is -1.16. The smallest absolute Gasteiger partial charge is 0.326 e. The lowest BCUT2D eigenvalue weighted by molar-refractivity contribution is -0.139. The molecule has 0 aromatic rings. The molecule has 0 spiro atoms. The zero-order chi connectivity index (χ0) is 13.7. The standard InChI is InChI=1S/C11H20N2O5/c1-13(6-7-4-8(15)5-7)11(18)12-9(2-3-14)10(16)17/h7-9,14-15H,2-6H2,1H3,(H,12,18)(H,16,17)/t7?,8?,9-/m0/s1. The van der Waals surface area contributed by atoms with E-state index >= 15 is 0 Å². The van der Waals surface area contributed by atoms with Crippen LogP contribution in [0.5, 0.6) is 0 Å². The molecule has 104 valence electrons. The average molecular weight is 260 g/mol. The Labute approximate surface area is 105 Å². The van der Waals surface area contributed by atoms with Gasteiger partial charge >= 0.3 is 12.0 Å². The van der Waals surface area contributed by atoms with Crippen molar-refractivity contribution in [3.8, 4) is 0 Å². The van der Waals surface area contributed by atoms with Crippen LogP contribution in [0.4, 0.5) is 4.79 Å². The van der Waals surface area contributed by atoms with Crippen LogP contribution in [0.15, 0.2) is 0 Å². The number of amides is 2. The van der Waals surface area contributed by atoms with E-state index in [-0.39, 0.29) is 25.0 Å². The molecule has 0 aliphatic heterocycles. The van der Waals surface area contributed by atoms with E-state index in [2.05, 4.69) is 5.32 Å². The Morgan fingerprint density at radius 2 is 2.06 bits per heavy atom. The zero-order valence-electron chi connectivity index (χ0n) is 10.4. The fourth-order valence-electron chi connectivity index (χ4n) is 1.97. The number of nitrogens with zero attached hydrogens (tertiary/aromatic N) is 1. The topological polar surface area (TPSA) is 110 Å². The molecule has 4 N–H and O–H groups in total. The third-order valence-electron chi connectivity index (χ3n) is 3.10. The van der Waals surface area contributed by atoms with Gasteiger partial charge in [0.1, 0.15) is 6.04 Å². The predicted molar refractivity (Wildman–Crippen MR) is 63.0 cm³/mol. The summed E-state index contributed by atoms with van der Waals surface area (Å²) in [6.45, 7) is 0.199. The van der Waals surface area contributed by atoms with Crippen LogP contribution in [-0.2, 0) is 4.79 Å². The lowest BCUT2D eigenvalue weighted by Crippen LogP contribution is -2.49. The summed E-state index contributed by atoms with van der Waals surface area (Å²) in [5.74, 6) is -0.887. The number of carbonyl (C=O) groups is 2. The quantitative estimate of drug-likeness (QED) is 0.501. The zero-order valence-corrected chi connectivity index (χ0v) is 10.4. The van der Waals surface area contributed by atoms with Crippen molar-refractivity contribution in [2.24, 2.45) is 5.92 Å². The second-order valence-corrected chi connectivity index (χ2v) is 4.72. The van der Waals surface area contributed by atoms with Crippen LogP contribution in [0, 0.1) is 5.92 Å². The van der Waals surface area contributed by atoms with Crippen LogP contribution in [0.25, 0.3) is 0 Å². The Kier molecular flexibility index (Phi) is 5.36. The van der Waals surface area contributed by atoms with E-state index in [1.54, 1.807) is 7.05 Å². The third-order valence-corrected chi connectivity index (χ3v) is 3.10. The molecule has 1 rings (SSSR count). The molecular formula is C11H20N2O5. The Hall–Kier alpha value is -1.34. The second-order valence-electron chi connectivity index (χ2n) is 4.72. The molecule has 0 heterocycles. The van der Waals surface area contributed by atoms with Crippen LogP contribution < -0.4 is 5.32 Å². The van der Waals surface area contributed by atoms with Crippen LogP contribution in [0.1, 0.15) is 19.3 Å². The number of urea groups is 1. The first-order valence-electron chi connectivity index (χ1n) is 5.97. The van der Waals surface area contributed by atoms with Gasteiger partial charge in [-0.2, -0.15) is 0 Å². The number of aliphatic hydroxyl groups is 2. The van der Waals surface area contributed by atoms with E-state index in [0.29, 0.717) is 19.4 Å². The molecule has 18 heavy (non-hydrogen) atoms. The summed E-state index contributed by atoms with van der Waals surface area (Å²) in [4.78, 5) is 23.9. The average Bonchev–Trinajstić information content (AvgIpc) is 2.25. The highest BCUT2D eigenvalue weighted by atomic mass is 16.4. The van der Waals surface area contributed by atoms with Gasteiger partial charge in [-0.15, -0.1) is 0 Å². The number of aliphatic carboxylic acids is 1. The Morgan fingerprint density at radius 3 is 2.50 bits per heavy atom. The van der Waals surface area contributed by atoms with Gasteiger partial charge in [-0.3, -0.25) is 0 Å². The minimum absolute atomic E-state index is 0.0168. The molecule has 0 bridgehead atoms. The molecule has 1 saturated carbocycles. The lowest BCUT2D eigenvalue weighted by atomic mass is 9.82. The highest BCUT2D eigenvalue weighted by molar-refractivity contribution is 5.82. The van der Waals surface area contributed by atoms with Gasteiger partial charge in [0.25, 0.3) is 0 Å². The van der Waals surface area contributed by atoms with E-state index in [9.17, 15) is 9.59 Å². The summed E-state index contributed by atoms with van der Waals surface area (Å²) in [6, 6.07) is -1.55. The van der Waals surface area contributed by atoms with Crippen molar-refractivity contribution in [1.29, 1.82) is 0 Å². The van der Waals surface area contributed by atoms with Crippen LogP contribution in [0.3, 0.4) is 0 Å². The number of hydrogen-bond acceptors (Lipinski definition) is 4. The van der Waals surface area contributed by atoms with Crippen LogP contribution in [-0.4, -0.2) is 64.6 Å². The monoisotopic (exact) mass is 260 g/mol. The van der Waals surface area contributed by atoms with Crippen LogP contribution in [0.2, 0.25) is 0 Å². The fourth-order valence-corrected chi connectivity index (χ4v) is 1.97. The van der Waals surface area contributed by atoms with E-state index in [1.165, 1.54) is 4.90 Å². The van der Waals surface area contributed by atoms with Gasteiger partial charge in [0.2, 0.25) is 0 Å². The number of carbonyl (C=O) groups excluding carboxylic acids is 1. The van der Waals surface area contributed by atoms with Gasteiger partial charge in [-0.05, 0) is 18.8 Å². The van der Waals surface area contributed by atoms with Crippen molar-refractivity contribution in [2.45, 2.75) is 31.4 Å². The summed E-state index contributed by atoms with van der Waals surface area (Å²) in [6.07, 6.45) is 1.07. The Balaban J connectivity index is 2.35. The van der Waals surface area contributed by atoms with E-state index in [4.69, 9.17) is 15.3 Å². The van der Waals surface area contributed by atoms with Crippen molar-refractivity contribution < 1.29 is 24.9 Å². The highest BCUT2D eigenvalue weighted by Crippen LogP contribution is 2.27. The van der Waals surface area contributed by atoms with Gasteiger partial charge in [0, 0.05) is 26.6 Å². The fraction of sp³-hybridized carbons (Fsp3) is 0.818. The first-order valence-corrected chi connectivity index (χ1v) is 5.97. The molecule has 7 heteroatoms. The maximum Gasteiger partial charge on any atom is 0.326 e.